The molecule has 0 aromatic carbocycles. The summed E-state index contributed by atoms with van der Waals surface area (Å²) in [5, 5.41) is 0. The molecule has 0 bridgehead atoms. The third-order valence-electron chi connectivity index (χ3n) is 5.17. The molecule has 166 valence electrons. The Kier molecular flexibility index (Phi) is 10.2. The highest BCUT2D eigenvalue weighted by atomic mass is 16.5. The monoisotopic (exact) mass is 417 g/mol. The normalized spacial score (nSPS) is 10.9. The molecule has 2 aromatic heterocycles. The molecule has 0 aliphatic rings. The second-order valence-corrected chi connectivity index (χ2v) is 7.56. The average molecular weight is 418 g/mol. The SMILES string of the molecule is CCCCCCC(=O)N(CCOC)CC(=O)N(Cc1ccco1)Cc1cccn1C. The van der Waals surface area contributed by atoms with Crippen LogP contribution in [0.3, 0.4) is 0 Å². The molecule has 30 heavy (non-hydrogen) atoms. The highest BCUT2D eigenvalue weighted by Crippen LogP contribution is 2.13. The van der Waals surface area contributed by atoms with Crippen molar-refractivity contribution in [2.75, 3.05) is 26.8 Å². The first-order valence-electron chi connectivity index (χ1n) is 10.7. The second kappa shape index (κ2) is 12.9. The maximum Gasteiger partial charge on any atom is 0.242 e. The Labute approximate surface area is 179 Å². The van der Waals surface area contributed by atoms with E-state index in [0.29, 0.717) is 38.4 Å². The first-order chi connectivity index (χ1) is 14.5. The van der Waals surface area contributed by atoms with E-state index in [4.69, 9.17) is 9.15 Å². The largest absolute Gasteiger partial charge is 0.467 e. The van der Waals surface area contributed by atoms with Crippen LogP contribution in [0.15, 0.2) is 41.1 Å². The van der Waals surface area contributed by atoms with Crippen molar-refractivity contribution in [2.24, 2.45) is 7.05 Å². The van der Waals surface area contributed by atoms with Gasteiger partial charge in [0.1, 0.15) is 5.76 Å². The van der Waals surface area contributed by atoms with Crippen LogP contribution < -0.4 is 0 Å². The van der Waals surface area contributed by atoms with Crippen LogP contribution in [-0.4, -0.2) is 53.0 Å². The van der Waals surface area contributed by atoms with Gasteiger partial charge in [0.25, 0.3) is 0 Å². The van der Waals surface area contributed by atoms with Crippen LogP contribution in [0.1, 0.15) is 50.5 Å². The van der Waals surface area contributed by atoms with Gasteiger partial charge in [-0.1, -0.05) is 26.2 Å². The van der Waals surface area contributed by atoms with Crippen molar-refractivity contribution in [3.05, 3.63) is 48.2 Å². The van der Waals surface area contributed by atoms with Crippen molar-refractivity contribution in [3.63, 3.8) is 0 Å². The zero-order chi connectivity index (χ0) is 21.8. The molecule has 7 nitrogen and oxygen atoms in total. The van der Waals surface area contributed by atoms with Crippen LogP contribution in [0.5, 0.6) is 0 Å². The Balaban J connectivity index is 2.06. The van der Waals surface area contributed by atoms with E-state index < -0.39 is 0 Å². The predicted octanol–water partition coefficient (Wildman–Crippen LogP) is 3.59. The summed E-state index contributed by atoms with van der Waals surface area (Å²) in [4.78, 5) is 29.3. The highest BCUT2D eigenvalue weighted by molar-refractivity contribution is 5.84. The van der Waals surface area contributed by atoms with E-state index >= 15 is 0 Å². The summed E-state index contributed by atoms with van der Waals surface area (Å²) >= 11 is 0. The van der Waals surface area contributed by atoms with Crippen LogP contribution in [0, 0.1) is 0 Å². The lowest BCUT2D eigenvalue weighted by molar-refractivity contribution is -0.142. The molecule has 2 rings (SSSR count). The molecule has 7 heteroatoms. The fourth-order valence-electron chi connectivity index (χ4n) is 3.30. The van der Waals surface area contributed by atoms with Crippen LogP contribution in [-0.2, 0) is 34.5 Å². The van der Waals surface area contributed by atoms with Crippen molar-refractivity contribution >= 4 is 11.8 Å². The number of furan rings is 1. The molecule has 2 amide bonds. The Bertz CT molecular complexity index is 754. The number of aryl methyl sites for hydroxylation is 1. The third-order valence-corrected chi connectivity index (χ3v) is 5.17. The number of hydrogen-bond donors (Lipinski definition) is 0. The van der Waals surface area contributed by atoms with E-state index in [-0.39, 0.29) is 18.4 Å². The Morgan fingerprint density at radius 3 is 2.53 bits per heavy atom. The minimum atomic E-state index is -0.106. The van der Waals surface area contributed by atoms with Gasteiger partial charge in [0.2, 0.25) is 11.8 Å². The first kappa shape index (κ1) is 23.7. The van der Waals surface area contributed by atoms with Gasteiger partial charge in [-0.2, -0.15) is 0 Å². The maximum atomic E-state index is 13.2. The molecule has 0 unspecified atom stereocenters. The summed E-state index contributed by atoms with van der Waals surface area (Å²) in [6.45, 7) is 3.82. The zero-order valence-corrected chi connectivity index (χ0v) is 18.5. The molecule has 0 spiro atoms. The highest BCUT2D eigenvalue weighted by Gasteiger charge is 2.22. The predicted molar refractivity (Wildman–Crippen MR) is 116 cm³/mol. The van der Waals surface area contributed by atoms with Crippen molar-refractivity contribution in [3.8, 4) is 0 Å². The molecule has 0 fully saturated rings. The molecule has 0 saturated heterocycles. The van der Waals surface area contributed by atoms with Gasteiger partial charge in [0.15, 0.2) is 0 Å². The first-order valence-corrected chi connectivity index (χ1v) is 10.7. The topological polar surface area (TPSA) is 67.9 Å². The molecule has 2 heterocycles. The van der Waals surface area contributed by atoms with Gasteiger partial charge in [0, 0.05) is 39.0 Å². The Hall–Kier alpha value is -2.54. The van der Waals surface area contributed by atoms with E-state index in [1.165, 1.54) is 0 Å². The molecular formula is C23H35N3O4. The summed E-state index contributed by atoms with van der Waals surface area (Å²) in [6, 6.07) is 7.61. The van der Waals surface area contributed by atoms with Gasteiger partial charge in [-0.15, -0.1) is 0 Å². The van der Waals surface area contributed by atoms with Crippen molar-refractivity contribution in [1.29, 1.82) is 0 Å². The van der Waals surface area contributed by atoms with Crippen LogP contribution >= 0.6 is 0 Å². The molecule has 0 atom stereocenters. The lowest BCUT2D eigenvalue weighted by atomic mass is 10.1. The van der Waals surface area contributed by atoms with Crippen molar-refractivity contribution in [2.45, 2.75) is 52.1 Å². The van der Waals surface area contributed by atoms with E-state index in [1.807, 2.05) is 42.1 Å². The minimum Gasteiger partial charge on any atom is -0.467 e. The van der Waals surface area contributed by atoms with Gasteiger partial charge in [-0.3, -0.25) is 9.59 Å². The van der Waals surface area contributed by atoms with E-state index in [1.54, 1.807) is 23.2 Å². The van der Waals surface area contributed by atoms with Crippen molar-refractivity contribution < 1.29 is 18.7 Å². The fraction of sp³-hybridized carbons (Fsp3) is 0.565. The lowest BCUT2D eigenvalue weighted by Gasteiger charge is -2.27. The molecule has 0 N–H and O–H groups in total. The number of methoxy groups -OCH3 is 1. The average Bonchev–Trinajstić information content (AvgIpc) is 3.39. The molecule has 0 saturated carbocycles. The summed E-state index contributed by atoms with van der Waals surface area (Å²) in [6.07, 6.45) is 8.16. The number of rotatable bonds is 14. The van der Waals surface area contributed by atoms with Gasteiger partial charge in [-0.05, 0) is 30.7 Å². The summed E-state index contributed by atoms with van der Waals surface area (Å²) in [7, 11) is 3.56. The van der Waals surface area contributed by atoms with E-state index in [2.05, 4.69) is 6.92 Å². The van der Waals surface area contributed by atoms with E-state index in [0.717, 1.165) is 31.4 Å². The number of amides is 2. The quantitative estimate of drug-likeness (QED) is 0.441. The number of carbonyl (C=O) groups excluding carboxylic acids is 2. The van der Waals surface area contributed by atoms with E-state index in [9.17, 15) is 9.59 Å². The number of ether oxygens (including phenoxy) is 1. The number of hydrogen-bond acceptors (Lipinski definition) is 4. The number of unbranched alkanes of at least 4 members (excludes halogenated alkanes) is 3. The lowest BCUT2D eigenvalue weighted by Crippen LogP contribution is -2.43. The third kappa shape index (κ3) is 7.71. The molecular weight excluding hydrogens is 382 g/mol. The molecule has 0 radical (unpaired) electrons. The molecule has 0 aliphatic heterocycles. The zero-order valence-electron chi connectivity index (χ0n) is 18.5. The van der Waals surface area contributed by atoms with Gasteiger partial charge in [0.05, 0.1) is 32.5 Å². The van der Waals surface area contributed by atoms with Gasteiger partial charge < -0.3 is 23.5 Å². The van der Waals surface area contributed by atoms with Crippen LogP contribution in [0.2, 0.25) is 0 Å². The summed E-state index contributed by atoms with van der Waals surface area (Å²) < 4.78 is 12.6. The van der Waals surface area contributed by atoms with Crippen molar-refractivity contribution in [1.82, 2.24) is 14.4 Å². The van der Waals surface area contributed by atoms with Crippen LogP contribution in [0.4, 0.5) is 0 Å². The second-order valence-electron chi connectivity index (χ2n) is 7.56. The minimum absolute atomic E-state index is 0.00770. The fourth-order valence-corrected chi connectivity index (χ4v) is 3.30. The maximum absolute atomic E-state index is 13.2. The standard InChI is InChI=1S/C23H35N3O4/c1-4-5-6-7-12-22(27)25(14-16-29-3)19-23(28)26(18-21-11-9-15-30-21)17-20-10-8-13-24(20)2/h8-11,13,15H,4-7,12,14,16-19H2,1-3H3. The smallest absolute Gasteiger partial charge is 0.242 e. The van der Waals surface area contributed by atoms with Crippen LogP contribution in [0.25, 0.3) is 0 Å². The number of aromatic nitrogens is 1. The Morgan fingerprint density at radius 2 is 1.90 bits per heavy atom. The number of carbonyl (C=O) groups is 2. The molecule has 0 aliphatic carbocycles. The van der Waals surface area contributed by atoms with Gasteiger partial charge >= 0.3 is 0 Å². The number of nitrogens with zero attached hydrogens (tertiary/aromatic N) is 3. The summed E-state index contributed by atoms with van der Waals surface area (Å²) in [5.41, 5.74) is 1.02. The summed E-state index contributed by atoms with van der Waals surface area (Å²) in [5.74, 6) is 0.617. The Morgan fingerprint density at radius 1 is 1.07 bits per heavy atom. The van der Waals surface area contributed by atoms with Gasteiger partial charge in [-0.25, -0.2) is 0 Å². The molecule has 2 aromatic rings.